The van der Waals surface area contributed by atoms with Crippen molar-refractivity contribution in [1.29, 1.82) is 0 Å². The van der Waals surface area contributed by atoms with Gasteiger partial charge in [-0.1, -0.05) is 60.8 Å². The summed E-state index contributed by atoms with van der Waals surface area (Å²) < 4.78 is 0. The van der Waals surface area contributed by atoms with Gasteiger partial charge in [-0.25, -0.2) is 0 Å². The lowest BCUT2D eigenvalue weighted by atomic mass is 10.2. The van der Waals surface area contributed by atoms with E-state index in [0.29, 0.717) is 0 Å². The van der Waals surface area contributed by atoms with E-state index in [1.165, 1.54) is 0 Å². The Bertz CT molecular complexity index is 211. The summed E-state index contributed by atoms with van der Waals surface area (Å²) >= 11 is 0. The summed E-state index contributed by atoms with van der Waals surface area (Å²) in [7, 11) is 0. The topological polar surface area (TPSA) is 0 Å². The molecule has 0 N–H and O–H groups in total. The third kappa shape index (κ3) is 4.51. The molecule has 0 spiro atoms. The fourth-order valence-corrected chi connectivity index (χ4v) is 0.914. The minimum Gasteiger partial charge on any atom is -0.0808 e. The van der Waals surface area contributed by atoms with Gasteiger partial charge in [0.2, 0.25) is 0 Å². The van der Waals surface area contributed by atoms with Gasteiger partial charge in [-0.2, -0.15) is 0 Å². The molecule has 0 unspecified atom stereocenters. The smallest absolute Gasteiger partial charge is 0.0163 e. The van der Waals surface area contributed by atoms with Crippen LogP contribution in [0.15, 0.2) is 60.8 Å². The highest BCUT2D eigenvalue weighted by atomic mass is 13.8. The van der Waals surface area contributed by atoms with E-state index >= 15 is 0 Å². The molecule has 0 aromatic heterocycles. The van der Waals surface area contributed by atoms with Crippen LogP contribution >= 0.6 is 0 Å². The third-order valence-electron chi connectivity index (χ3n) is 1.53. The third-order valence-corrected chi connectivity index (χ3v) is 1.53. The van der Waals surface area contributed by atoms with Crippen molar-refractivity contribution in [2.24, 2.45) is 0 Å². The van der Waals surface area contributed by atoms with Crippen molar-refractivity contribution in [2.45, 2.75) is 12.8 Å². The van der Waals surface area contributed by atoms with Crippen LogP contribution in [-0.2, 0) is 0 Å². The molecule has 0 saturated heterocycles. The Hall–Kier alpha value is -1.30. The lowest BCUT2D eigenvalue weighted by Gasteiger charge is -1.82. The first-order valence-electron chi connectivity index (χ1n) is 4.30. The molecule has 12 heavy (non-hydrogen) atoms. The molecule has 1 rings (SSSR count). The summed E-state index contributed by atoms with van der Waals surface area (Å²) in [6.07, 6.45) is 23.0. The van der Waals surface area contributed by atoms with Gasteiger partial charge in [0, 0.05) is 0 Å². The second kappa shape index (κ2) is 6.41. The second-order valence-corrected chi connectivity index (χ2v) is 2.57. The summed E-state index contributed by atoms with van der Waals surface area (Å²) in [5.74, 6) is 0. The molecule has 0 heteroatoms. The summed E-state index contributed by atoms with van der Waals surface area (Å²) in [5, 5.41) is 0. The normalized spacial score (nSPS) is 25.3. The molecule has 0 heterocycles. The molecule has 0 aliphatic heterocycles. The molecule has 0 amide bonds. The first-order chi connectivity index (χ1) is 6.00. The van der Waals surface area contributed by atoms with Crippen LogP contribution < -0.4 is 0 Å². The number of allylic oxidation sites excluding steroid dienone is 10. The van der Waals surface area contributed by atoms with E-state index in [4.69, 9.17) is 0 Å². The molecule has 0 aromatic carbocycles. The standard InChI is InChI=1S/C12H14/c1-2-4-6-8-10-12-11-9-7-5-3-1/h1-6,9-12H,7-8H2/b2-1?,5-3-,6-4?,11-9+,12-10-. The predicted octanol–water partition coefficient (Wildman–Crippen LogP) is 3.56. The van der Waals surface area contributed by atoms with Crippen LogP contribution in [0.5, 0.6) is 0 Å². The number of rotatable bonds is 0. The van der Waals surface area contributed by atoms with Crippen LogP contribution in [0, 0.1) is 0 Å². The molecule has 0 fully saturated rings. The van der Waals surface area contributed by atoms with Crippen LogP contribution in [0.25, 0.3) is 0 Å². The van der Waals surface area contributed by atoms with Crippen LogP contribution in [0.1, 0.15) is 12.8 Å². The number of hydrogen-bond acceptors (Lipinski definition) is 0. The van der Waals surface area contributed by atoms with Gasteiger partial charge in [0.15, 0.2) is 0 Å². The molecular weight excluding hydrogens is 144 g/mol. The maximum atomic E-state index is 2.14. The van der Waals surface area contributed by atoms with Crippen molar-refractivity contribution in [1.82, 2.24) is 0 Å². The first-order valence-corrected chi connectivity index (χ1v) is 4.30. The molecule has 0 aromatic rings. The van der Waals surface area contributed by atoms with Crippen molar-refractivity contribution in [3.63, 3.8) is 0 Å². The molecular formula is C12H14. The van der Waals surface area contributed by atoms with Crippen molar-refractivity contribution in [3.8, 4) is 0 Å². The Balaban J connectivity index is 2.55. The first kappa shape index (κ1) is 8.79. The maximum Gasteiger partial charge on any atom is -0.0163 e. The minimum absolute atomic E-state index is 1.01. The Labute approximate surface area is 74.3 Å². The van der Waals surface area contributed by atoms with Crippen LogP contribution in [-0.4, -0.2) is 0 Å². The van der Waals surface area contributed by atoms with E-state index in [9.17, 15) is 0 Å². The van der Waals surface area contributed by atoms with Gasteiger partial charge in [0.25, 0.3) is 0 Å². The minimum atomic E-state index is 1.01. The SMILES string of the molecule is C1=C/C=C\C/C=C/C=C\CC=C1. The average Bonchev–Trinajstić information content (AvgIpc) is 2.05. The molecule has 0 saturated carbocycles. The maximum absolute atomic E-state index is 2.14. The van der Waals surface area contributed by atoms with Gasteiger partial charge in [-0.15, -0.1) is 0 Å². The molecule has 1 aliphatic carbocycles. The zero-order valence-electron chi connectivity index (χ0n) is 7.19. The van der Waals surface area contributed by atoms with E-state index in [-0.39, 0.29) is 0 Å². The lowest BCUT2D eigenvalue weighted by molar-refractivity contribution is 1.37. The molecule has 1 aliphatic rings. The molecule has 0 nitrogen and oxygen atoms in total. The van der Waals surface area contributed by atoms with E-state index < -0.39 is 0 Å². The van der Waals surface area contributed by atoms with Gasteiger partial charge in [-0.05, 0) is 12.8 Å². The lowest BCUT2D eigenvalue weighted by Crippen LogP contribution is -1.61. The molecule has 0 bridgehead atoms. The summed E-state index contributed by atoms with van der Waals surface area (Å²) in [5.41, 5.74) is 0. The highest BCUT2D eigenvalue weighted by molar-refractivity contribution is 5.15. The number of hydrogen-bond donors (Lipinski definition) is 0. The summed E-state index contributed by atoms with van der Waals surface area (Å²) in [6.45, 7) is 0. The monoisotopic (exact) mass is 158 g/mol. The van der Waals surface area contributed by atoms with Crippen LogP contribution in [0.3, 0.4) is 0 Å². The van der Waals surface area contributed by atoms with Gasteiger partial charge in [-0.3, -0.25) is 0 Å². The van der Waals surface area contributed by atoms with Crippen molar-refractivity contribution >= 4 is 0 Å². The zero-order chi connectivity index (χ0) is 8.49. The predicted molar refractivity (Wildman–Crippen MR) is 54.9 cm³/mol. The molecule has 0 radical (unpaired) electrons. The van der Waals surface area contributed by atoms with Gasteiger partial charge in [0.1, 0.15) is 0 Å². The van der Waals surface area contributed by atoms with Crippen molar-refractivity contribution in [3.05, 3.63) is 60.8 Å². The average molecular weight is 158 g/mol. The summed E-state index contributed by atoms with van der Waals surface area (Å²) in [4.78, 5) is 0. The van der Waals surface area contributed by atoms with Crippen molar-refractivity contribution in [2.75, 3.05) is 0 Å². The highest BCUT2D eigenvalue weighted by Crippen LogP contribution is 1.93. The van der Waals surface area contributed by atoms with E-state index in [1.54, 1.807) is 0 Å². The zero-order valence-corrected chi connectivity index (χ0v) is 7.19. The fourth-order valence-electron chi connectivity index (χ4n) is 0.914. The summed E-state index contributed by atoms with van der Waals surface area (Å²) in [6, 6.07) is 0. The van der Waals surface area contributed by atoms with E-state index in [1.807, 2.05) is 0 Å². The Kier molecular flexibility index (Phi) is 4.70. The van der Waals surface area contributed by atoms with E-state index in [2.05, 4.69) is 60.8 Å². The molecule has 62 valence electrons. The van der Waals surface area contributed by atoms with Gasteiger partial charge in [0.05, 0.1) is 0 Å². The Morgan fingerprint density at radius 1 is 0.417 bits per heavy atom. The van der Waals surface area contributed by atoms with Crippen LogP contribution in [0.4, 0.5) is 0 Å². The van der Waals surface area contributed by atoms with E-state index in [0.717, 1.165) is 12.8 Å². The highest BCUT2D eigenvalue weighted by Gasteiger charge is 1.71. The largest absolute Gasteiger partial charge is 0.0808 e. The quantitative estimate of drug-likeness (QED) is 0.505. The van der Waals surface area contributed by atoms with Crippen LogP contribution in [0.2, 0.25) is 0 Å². The Morgan fingerprint density at radius 3 is 1.17 bits per heavy atom. The fraction of sp³-hybridized carbons (Fsp3) is 0.167. The Morgan fingerprint density at radius 2 is 0.750 bits per heavy atom. The van der Waals surface area contributed by atoms with Gasteiger partial charge >= 0.3 is 0 Å². The van der Waals surface area contributed by atoms with Gasteiger partial charge < -0.3 is 0 Å². The molecule has 0 atom stereocenters. The second-order valence-electron chi connectivity index (χ2n) is 2.57. The van der Waals surface area contributed by atoms with Crippen molar-refractivity contribution < 1.29 is 0 Å².